The van der Waals surface area contributed by atoms with Crippen molar-refractivity contribution in [2.24, 2.45) is 5.73 Å². The minimum absolute atomic E-state index is 0.0585. The molecule has 0 fully saturated rings. The van der Waals surface area contributed by atoms with Crippen molar-refractivity contribution >= 4 is 21.8 Å². The summed E-state index contributed by atoms with van der Waals surface area (Å²) in [7, 11) is 3.13. The van der Waals surface area contributed by atoms with Crippen LogP contribution in [0.5, 0.6) is 11.5 Å². The Kier molecular flexibility index (Phi) is 6.29. The summed E-state index contributed by atoms with van der Waals surface area (Å²) in [6.45, 7) is 3.62. The van der Waals surface area contributed by atoms with Crippen molar-refractivity contribution in [1.29, 1.82) is 0 Å². The van der Waals surface area contributed by atoms with Gasteiger partial charge in [0.25, 0.3) is 5.91 Å². The number of hydrogen-bond acceptors (Lipinski definition) is 4. The van der Waals surface area contributed by atoms with E-state index in [1.807, 2.05) is 19.1 Å². The molecule has 0 bridgehead atoms. The topological polar surface area (TPSA) is 73.6 Å². The summed E-state index contributed by atoms with van der Waals surface area (Å²) in [4.78, 5) is 11.5. The molecule has 1 aromatic rings. The fourth-order valence-electron chi connectivity index (χ4n) is 1.81. The standard InChI is InChI=1S/C14H21BrN2O3/c1-8(16)5-10-6-11(15)13(12(7-10)19-4)20-9(2)14(18)17-3/h6-9H,5,16H2,1-4H3,(H,17,18). The van der Waals surface area contributed by atoms with E-state index >= 15 is 0 Å². The summed E-state index contributed by atoms with van der Waals surface area (Å²) in [6, 6.07) is 3.86. The molecule has 0 radical (unpaired) electrons. The maximum atomic E-state index is 11.5. The highest BCUT2D eigenvalue weighted by atomic mass is 79.9. The number of carbonyl (C=O) groups is 1. The zero-order chi connectivity index (χ0) is 15.3. The van der Waals surface area contributed by atoms with Gasteiger partial charge in [-0.25, -0.2) is 0 Å². The van der Waals surface area contributed by atoms with E-state index in [-0.39, 0.29) is 11.9 Å². The number of hydrogen-bond donors (Lipinski definition) is 2. The molecule has 0 aliphatic heterocycles. The fraction of sp³-hybridized carbons (Fsp3) is 0.500. The number of halogens is 1. The number of nitrogens with two attached hydrogens (primary N) is 1. The number of rotatable bonds is 6. The largest absolute Gasteiger partial charge is 0.493 e. The van der Waals surface area contributed by atoms with Crippen LogP contribution in [0.3, 0.4) is 0 Å². The molecule has 0 spiro atoms. The van der Waals surface area contributed by atoms with Crippen LogP contribution in [0.2, 0.25) is 0 Å². The first-order chi connectivity index (χ1) is 9.38. The molecule has 0 saturated carbocycles. The molecule has 6 heteroatoms. The highest BCUT2D eigenvalue weighted by Crippen LogP contribution is 2.37. The summed E-state index contributed by atoms with van der Waals surface area (Å²) in [5.41, 5.74) is 6.85. The Morgan fingerprint density at radius 3 is 2.60 bits per heavy atom. The molecule has 0 aliphatic carbocycles. The summed E-state index contributed by atoms with van der Waals surface area (Å²) in [6.07, 6.45) is 0.129. The van der Waals surface area contributed by atoms with Crippen LogP contribution in [0.1, 0.15) is 19.4 Å². The molecule has 1 aromatic carbocycles. The van der Waals surface area contributed by atoms with Crippen molar-refractivity contribution < 1.29 is 14.3 Å². The number of carbonyl (C=O) groups excluding carboxylic acids is 1. The molecule has 20 heavy (non-hydrogen) atoms. The number of benzene rings is 1. The number of likely N-dealkylation sites (N-methyl/N-ethyl adjacent to an activating group) is 1. The average molecular weight is 345 g/mol. The zero-order valence-electron chi connectivity index (χ0n) is 12.2. The number of nitrogens with one attached hydrogen (secondary N) is 1. The van der Waals surface area contributed by atoms with Gasteiger partial charge in [-0.1, -0.05) is 0 Å². The normalized spacial score (nSPS) is 13.5. The van der Waals surface area contributed by atoms with E-state index < -0.39 is 6.10 Å². The lowest BCUT2D eigenvalue weighted by Crippen LogP contribution is -2.33. The minimum atomic E-state index is -0.607. The summed E-state index contributed by atoms with van der Waals surface area (Å²) in [5.74, 6) is 0.890. The Bertz CT molecular complexity index is 478. The molecule has 2 atom stereocenters. The van der Waals surface area contributed by atoms with E-state index in [4.69, 9.17) is 15.2 Å². The van der Waals surface area contributed by atoms with Gasteiger partial charge in [-0.15, -0.1) is 0 Å². The van der Waals surface area contributed by atoms with Gasteiger partial charge in [0.1, 0.15) is 0 Å². The van der Waals surface area contributed by atoms with Gasteiger partial charge in [0.2, 0.25) is 0 Å². The van der Waals surface area contributed by atoms with Crippen molar-refractivity contribution in [2.75, 3.05) is 14.2 Å². The van der Waals surface area contributed by atoms with E-state index in [1.165, 1.54) is 0 Å². The Labute approximate surface area is 127 Å². The molecule has 0 aliphatic rings. The summed E-state index contributed by atoms with van der Waals surface area (Å²) < 4.78 is 11.7. The van der Waals surface area contributed by atoms with Crippen molar-refractivity contribution in [3.8, 4) is 11.5 Å². The highest BCUT2D eigenvalue weighted by Gasteiger charge is 2.19. The molecule has 0 saturated heterocycles. The van der Waals surface area contributed by atoms with Gasteiger partial charge in [-0.05, 0) is 53.9 Å². The number of methoxy groups -OCH3 is 1. The van der Waals surface area contributed by atoms with Crippen LogP contribution in [0.25, 0.3) is 0 Å². The molecule has 3 N–H and O–H groups in total. The average Bonchev–Trinajstić information content (AvgIpc) is 2.39. The number of ether oxygens (including phenoxy) is 2. The lowest BCUT2D eigenvalue weighted by molar-refractivity contribution is -0.126. The van der Waals surface area contributed by atoms with Gasteiger partial charge in [0, 0.05) is 13.1 Å². The number of amides is 1. The SMILES string of the molecule is CNC(=O)C(C)Oc1c(Br)cc(CC(C)N)cc1OC. The van der Waals surface area contributed by atoms with E-state index in [2.05, 4.69) is 21.2 Å². The van der Waals surface area contributed by atoms with Crippen LogP contribution in [0.4, 0.5) is 0 Å². The first-order valence-corrected chi connectivity index (χ1v) is 7.18. The van der Waals surface area contributed by atoms with E-state index in [0.717, 1.165) is 16.5 Å². The minimum Gasteiger partial charge on any atom is -0.493 e. The predicted octanol–water partition coefficient (Wildman–Crippen LogP) is 1.86. The second-order valence-electron chi connectivity index (χ2n) is 4.66. The van der Waals surface area contributed by atoms with Crippen molar-refractivity contribution in [3.05, 3.63) is 22.2 Å². The van der Waals surface area contributed by atoms with Crippen molar-refractivity contribution in [2.45, 2.75) is 32.4 Å². The van der Waals surface area contributed by atoms with Gasteiger partial charge in [-0.2, -0.15) is 0 Å². The fourth-order valence-corrected chi connectivity index (χ4v) is 2.39. The highest BCUT2D eigenvalue weighted by molar-refractivity contribution is 9.10. The molecular weight excluding hydrogens is 324 g/mol. The molecule has 112 valence electrons. The predicted molar refractivity (Wildman–Crippen MR) is 82.2 cm³/mol. The molecular formula is C14H21BrN2O3. The monoisotopic (exact) mass is 344 g/mol. The quantitative estimate of drug-likeness (QED) is 0.825. The lowest BCUT2D eigenvalue weighted by atomic mass is 10.1. The Morgan fingerprint density at radius 1 is 1.45 bits per heavy atom. The Balaban J connectivity index is 3.04. The third kappa shape index (κ3) is 4.38. The van der Waals surface area contributed by atoms with Crippen LogP contribution in [-0.2, 0) is 11.2 Å². The van der Waals surface area contributed by atoms with Gasteiger partial charge in [0.05, 0.1) is 11.6 Å². The van der Waals surface area contributed by atoms with Crippen molar-refractivity contribution in [1.82, 2.24) is 5.32 Å². The van der Waals surface area contributed by atoms with Crippen LogP contribution < -0.4 is 20.5 Å². The van der Waals surface area contributed by atoms with E-state index in [0.29, 0.717) is 11.5 Å². The van der Waals surface area contributed by atoms with E-state index in [1.54, 1.807) is 21.1 Å². The van der Waals surface area contributed by atoms with Crippen LogP contribution >= 0.6 is 15.9 Å². The first kappa shape index (κ1) is 16.8. The van der Waals surface area contributed by atoms with Crippen LogP contribution in [0, 0.1) is 0 Å². The van der Waals surface area contributed by atoms with Gasteiger partial charge >= 0.3 is 0 Å². The summed E-state index contributed by atoms with van der Waals surface area (Å²) in [5, 5.41) is 2.54. The molecule has 0 aromatic heterocycles. The first-order valence-electron chi connectivity index (χ1n) is 6.39. The smallest absolute Gasteiger partial charge is 0.260 e. The zero-order valence-corrected chi connectivity index (χ0v) is 13.8. The van der Waals surface area contributed by atoms with Gasteiger partial charge in [0.15, 0.2) is 17.6 Å². The maximum absolute atomic E-state index is 11.5. The molecule has 1 rings (SSSR count). The lowest BCUT2D eigenvalue weighted by Gasteiger charge is -2.18. The molecule has 5 nitrogen and oxygen atoms in total. The third-order valence-corrected chi connectivity index (χ3v) is 3.35. The Hall–Kier alpha value is -1.27. The molecule has 0 heterocycles. The van der Waals surface area contributed by atoms with Crippen LogP contribution in [-0.4, -0.2) is 32.2 Å². The van der Waals surface area contributed by atoms with Crippen LogP contribution in [0.15, 0.2) is 16.6 Å². The second-order valence-corrected chi connectivity index (χ2v) is 5.52. The summed E-state index contributed by atoms with van der Waals surface area (Å²) >= 11 is 3.45. The second kappa shape index (κ2) is 7.50. The molecule has 2 unspecified atom stereocenters. The van der Waals surface area contributed by atoms with Gasteiger partial charge < -0.3 is 20.5 Å². The van der Waals surface area contributed by atoms with Crippen molar-refractivity contribution in [3.63, 3.8) is 0 Å². The van der Waals surface area contributed by atoms with Gasteiger partial charge in [-0.3, -0.25) is 4.79 Å². The van der Waals surface area contributed by atoms with E-state index in [9.17, 15) is 4.79 Å². The Morgan fingerprint density at radius 2 is 2.10 bits per heavy atom. The molecule has 1 amide bonds. The third-order valence-electron chi connectivity index (χ3n) is 2.76. The maximum Gasteiger partial charge on any atom is 0.260 e.